The summed E-state index contributed by atoms with van der Waals surface area (Å²) in [4.78, 5) is 23.3. The molecule has 0 fully saturated rings. The van der Waals surface area contributed by atoms with Crippen molar-refractivity contribution in [2.75, 3.05) is 10.7 Å². The summed E-state index contributed by atoms with van der Waals surface area (Å²) in [6.45, 7) is 7.30. The predicted octanol–water partition coefficient (Wildman–Crippen LogP) is 6.60. The lowest BCUT2D eigenvalue weighted by Crippen LogP contribution is -2.41. The van der Waals surface area contributed by atoms with Crippen LogP contribution >= 0.6 is 31.9 Å². The number of hydrogen-bond acceptors (Lipinski definition) is 4. The number of rotatable bonds is 9. The lowest BCUT2D eigenvalue weighted by atomic mass is 9.61. The molecule has 0 aliphatic heterocycles. The summed E-state index contributed by atoms with van der Waals surface area (Å²) in [5, 5.41) is 0.904. The Morgan fingerprint density at radius 3 is 1.38 bits per heavy atom. The predicted molar refractivity (Wildman–Crippen MR) is 127 cm³/mol. The molecule has 0 unspecified atom stereocenters. The van der Waals surface area contributed by atoms with Crippen LogP contribution in [-0.2, 0) is 20.4 Å². The van der Waals surface area contributed by atoms with Crippen LogP contribution in [0.4, 0.5) is 8.78 Å². The summed E-state index contributed by atoms with van der Waals surface area (Å²) in [5.74, 6) is -1.79. The van der Waals surface area contributed by atoms with Gasteiger partial charge in [-0.15, -0.1) is 0 Å². The Labute approximate surface area is 203 Å². The molecular formula is C24H26Br2F2O4. The fraction of sp³-hybridized carbons (Fsp3) is 0.417. The van der Waals surface area contributed by atoms with E-state index in [0.29, 0.717) is 21.8 Å². The molecule has 0 amide bonds. The third-order valence-corrected chi connectivity index (χ3v) is 6.64. The van der Waals surface area contributed by atoms with Gasteiger partial charge in [0, 0.05) is 33.6 Å². The van der Waals surface area contributed by atoms with Crippen LogP contribution in [0.25, 0.3) is 0 Å². The minimum atomic E-state index is -0.843. The van der Waals surface area contributed by atoms with E-state index in [1.165, 1.54) is 24.3 Å². The first-order valence-electron chi connectivity index (χ1n) is 10.1. The van der Waals surface area contributed by atoms with Crippen molar-refractivity contribution in [3.8, 4) is 11.5 Å². The number of carbonyl (C=O) groups excluding carboxylic acids is 2. The maximum Gasteiger partial charge on any atom is 0.312 e. The van der Waals surface area contributed by atoms with E-state index < -0.39 is 34.4 Å². The van der Waals surface area contributed by atoms with Gasteiger partial charge in [-0.05, 0) is 23.3 Å². The third-order valence-electron chi connectivity index (χ3n) is 5.85. The minimum Gasteiger partial charge on any atom is -0.426 e. The van der Waals surface area contributed by atoms with Gasteiger partial charge in [-0.1, -0.05) is 71.7 Å². The van der Waals surface area contributed by atoms with Crippen LogP contribution in [0.5, 0.6) is 11.5 Å². The van der Waals surface area contributed by atoms with Crippen molar-refractivity contribution in [1.82, 2.24) is 0 Å². The molecule has 4 nitrogen and oxygen atoms in total. The Bertz CT molecular complexity index is 910. The topological polar surface area (TPSA) is 52.6 Å². The molecular weight excluding hydrogens is 550 g/mol. The van der Waals surface area contributed by atoms with Gasteiger partial charge in [0.1, 0.15) is 23.1 Å². The smallest absolute Gasteiger partial charge is 0.312 e. The summed E-state index contributed by atoms with van der Waals surface area (Å²) >= 11 is 6.31. The number of esters is 2. The van der Waals surface area contributed by atoms with Crippen LogP contribution in [0.15, 0.2) is 36.4 Å². The van der Waals surface area contributed by atoms with Crippen LogP contribution in [0.2, 0.25) is 0 Å². The average molecular weight is 576 g/mol. The second-order valence-corrected chi connectivity index (χ2v) is 9.95. The summed E-state index contributed by atoms with van der Waals surface area (Å²) in [5.41, 5.74) is -0.973. The Morgan fingerprint density at radius 1 is 0.750 bits per heavy atom. The molecule has 0 spiro atoms. The van der Waals surface area contributed by atoms with E-state index in [-0.39, 0.29) is 24.3 Å². The second-order valence-electron chi connectivity index (χ2n) is 8.36. The van der Waals surface area contributed by atoms with Gasteiger partial charge < -0.3 is 9.47 Å². The van der Waals surface area contributed by atoms with Crippen LogP contribution in [0, 0.1) is 11.6 Å². The maximum absolute atomic E-state index is 15.1. The molecule has 0 saturated heterocycles. The van der Waals surface area contributed by atoms with Gasteiger partial charge in [0.15, 0.2) is 0 Å². The van der Waals surface area contributed by atoms with E-state index in [9.17, 15) is 9.59 Å². The number of ether oxygens (including phenoxy) is 2. The van der Waals surface area contributed by atoms with Crippen molar-refractivity contribution in [3.63, 3.8) is 0 Å². The molecule has 32 heavy (non-hydrogen) atoms. The van der Waals surface area contributed by atoms with Crippen LogP contribution in [-0.4, -0.2) is 22.6 Å². The highest BCUT2D eigenvalue weighted by Crippen LogP contribution is 2.46. The lowest BCUT2D eigenvalue weighted by molar-refractivity contribution is -0.134. The van der Waals surface area contributed by atoms with Crippen molar-refractivity contribution in [3.05, 3.63) is 59.2 Å². The Kier molecular flexibility index (Phi) is 8.99. The fourth-order valence-electron chi connectivity index (χ4n) is 3.32. The molecule has 2 aromatic rings. The Balaban J connectivity index is 2.34. The van der Waals surface area contributed by atoms with Crippen LogP contribution < -0.4 is 9.47 Å². The zero-order chi connectivity index (χ0) is 24.1. The number of halogens is 4. The van der Waals surface area contributed by atoms with Gasteiger partial charge in [-0.3, -0.25) is 9.59 Å². The molecule has 0 aliphatic carbocycles. The number of alkyl halides is 2. The van der Waals surface area contributed by atoms with Gasteiger partial charge in [0.2, 0.25) is 0 Å². The summed E-state index contributed by atoms with van der Waals surface area (Å²) in [6.07, 6.45) is 0.338. The molecule has 0 N–H and O–H groups in total. The fourth-order valence-corrected chi connectivity index (χ4v) is 3.97. The van der Waals surface area contributed by atoms with E-state index in [1.807, 2.05) is 27.7 Å². The van der Waals surface area contributed by atoms with Crippen LogP contribution in [0.1, 0.15) is 51.7 Å². The third kappa shape index (κ3) is 5.95. The molecule has 0 bridgehead atoms. The lowest BCUT2D eigenvalue weighted by Gasteiger charge is -2.43. The number of carbonyl (C=O) groups is 2. The first-order chi connectivity index (χ1) is 14.9. The van der Waals surface area contributed by atoms with Crippen molar-refractivity contribution in [1.29, 1.82) is 0 Å². The van der Waals surface area contributed by atoms with E-state index in [0.717, 1.165) is 0 Å². The van der Waals surface area contributed by atoms with Crippen molar-refractivity contribution >= 4 is 43.8 Å². The molecule has 8 heteroatoms. The number of benzene rings is 2. The van der Waals surface area contributed by atoms with Gasteiger partial charge >= 0.3 is 11.9 Å². The van der Waals surface area contributed by atoms with E-state index in [4.69, 9.17) is 9.47 Å². The van der Waals surface area contributed by atoms with Gasteiger partial charge in [0.05, 0.1) is 12.8 Å². The van der Waals surface area contributed by atoms with E-state index >= 15 is 8.78 Å². The molecule has 0 aromatic heterocycles. The van der Waals surface area contributed by atoms with E-state index in [2.05, 4.69) is 31.9 Å². The Hall–Kier alpha value is -1.80. The molecule has 2 rings (SSSR count). The quantitative estimate of drug-likeness (QED) is 0.192. The second kappa shape index (κ2) is 10.9. The van der Waals surface area contributed by atoms with Crippen LogP contribution in [0.3, 0.4) is 0 Å². The monoisotopic (exact) mass is 574 g/mol. The molecule has 0 atom stereocenters. The molecule has 0 heterocycles. The molecule has 174 valence electrons. The molecule has 2 aromatic carbocycles. The summed E-state index contributed by atoms with van der Waals surface area (Å²) in [7, 11) is 0. The zero-order valence-electron chi connectivity index (χ0n) is 18.4. The van der Waals surface area contributed by atoms with Gasteiger partial charge in [-0.25, -0.2) is 8.78 Å². The highest BCUT2D eigenvalue weighted by Gasteiger charge is 2.43. The molecule has 0 radical (unpaired) electrons. The first kappa shape index (κ1) is 26.5. The maximum atomic E-state index is 15.1. The van der Waals surface area contributed by atoms with Crippen molar-refractivity contribution in [2.24, 2.45) is 0 Å². The highest BCUT2D eigenvalue weighted by atomic mass is 79.9. The first-order valence-corrected chi connectivity index (χ1v) is 12.3. The minimum absolute atomic E-state index is 0.117. The highest BCUT2D eigenvalue weighted by molar-refractivity contribution is 9.09. The normalized spacial score (nSPS) is 11.9. The zero-order valence-corrected chi connectivity index (χ0v) is 21.6. The van der Waals surface area contributed by atoms with Gasteiger partial charge in [0.25, 0.3) is 0 Å². The standard InChI is InChI=1S/C24H26Br2F2O4/c1-23(2,17-7-5-15(13-19(17)27)31-21(29)9-11-25)24(3,4)18-8-6-16(14-20(18)28)32-22(30)10-12-26/h5-8,13-14H,9-12H2,1-4H3. The molecule has 0 saturated carbocycles. The van der Waals surface area contributed by atoms with Crippen molar-refractivity contribution in [2.45, 2.75) is 51.4 Å². The number of hydrogen-bond donors (Lipinski definition) is 0. The summed E-state index contributed by atoms with van der Waals surface area (Å²) in [6, 6.07) is 8.52. The van der Waals surface area contributed by atoms with Crippen molar-refractivity contribution < 1.29 is 27.8 Å². The van der Waals surface area contributed by atoms with Gasteiger partial charge in [-0.2, -0.15) is 0 Å². The SMILES string of the molecule is CC(C)(c1ccc(OC(=O)CCBr)cc1F)C(C)(C)c1ccc(OC(=O)CCBr)cc1F. The largest absolute Gasteiger partial charge is 0.426 e. The average Bonchev–Trinajstić information content (AvgIpc) is 2.67. The Morgan fingerprint density at radius 2 is 1.09 bits per heavy atom. The molecule has 0 aliphatic rings. The van der Waals surface area contributed by atoms with E-state index in [1.54, 1.807) is 12.1 Å². The summed E-state index contributed by atoms with van der Waals surface area (Å²) < 4.78 is 40.4.